The molecule has 0 aliphatic carbocycles. The van der Waals surface area contributed by atoms with Gasteiger partial charge in [-0.15, -0.1) is 11.3 Å². The predicted molar refractivity (Wildman–Crippen MR) is 91.4 cm³/mol. The van der Waals surface area contributed by atoms with Crippen molar-refractivity contribution in [3.8, 4) is 10.7 Å². The number of hydrogen-bond donors (Lipinski definition) is 1. The number of likely N-dealkylation sites (tertiary alicyclic amines) is 1. The first kappa shape index (κ1) is 16.1. The van der Waals surface area contributed by atoms with Crippen molar-refractivity contribution in [2.24, 2.45) is 7.05 Å². The third-order valence-corrected chi connectivity index (χ3v) is 5.53. The number of nitrogens with one attached hydrogen (secondary N) is 1. The smallest absolute Gasteiger partial charge is 0.225 e. The first-order valence-corrected chi connectivity index (χ1v) is 8.78. The van der Waals surface area contributed by atoms with Crippen molar-refractivity contribution in [1.29, 1.82) is 0 Å². The summed E-state index contributed by atoms with van der Waals surface area (Å²) in [5.74, 6) is 0.0737. The van der Waals surface area contributed by atoms with Crippen LogP contribution in [0.5, 0.6) is 0 Å². The van der Waals surface area contributed by atoms with Gasteiger partial charge in [0.2, 0.25) is 5.91 Å². The number of thiazole rings is 1. The van der Waals surface area contributed by atoms with E-state index in [-0.39, 0.29) is 5.91 Å². The zero-order chi connectivity index (χ0) is 16.4. The van der Waals surface area contributed by atoms with E-state index in [1.54, 1.807) is 16.0 Å². The van der Waals surface area contributed by atoms with Crippen LogP contribution in [0.4, 0.5) is 0 Å². The topological polar surface area (TPSA) is 63.1 Å². The molecule has 1 N–H and O–H groups in total. The molecule has 7 heteroatoms. The Morgan fingerprint density at radius 1 is 1.48 bits per heavy atom. The standard InChI is InChI=1S/C16H23N5OS/c1-11-14(23-16(18-11)13-6-8-21(3)19-13)9-15(22)17-10-12-5-4-7-20(12)2/h6,8,12H,4-5,7,9-10H2,1-3H3,(H,17,22)/t12-/m0/s1. The van der Waals surface area contributed by atoms with Gasteiger partial charge in [-0.1, -0.05) is 0 Å². The van der Waals surface area contributed by atoms with E-state index < -0.39 is 0 Å². The van der Waals surface area contributed by atoms with E-state index in [9.17, 15) is 4.79 Å². The van der Waals surface area contributed by atoms with E-state index in [1.807, 2.05) is 26.2 Å². The zero-order valence-corrected chi connectivity index (χ0v) is 14.7. The van der Waals surface area contributed by atoms with Gasteiger partial charge in [0.25, 0.3) is 0 Å². The maximum absolute atomic E-state index is 12.2. The number of aromatic nitrogens is 3. The van der Waals surface area contributed by atoms with Crippen molar-refractivity contribution in [3.05, 3.63) is 22.8 Å². The number of aryl methyl sites for hydroxylation is 2. The number of hydrogen-bond acceptors (Lipinski definition) is 5. The summed E-state index contributed by atoms with van der Waals surface area (Å²) in [4.78, 5) is 20.1. The van der Waals surface area contributed by atoms with Crippen LogP contribution in [0.1, 0.15) is 23.4 Å². The van der Waals surface area contributed by atoms with Gasteiger partial charge in [-0.05, 0) is 39.4 Å². The number of carbonyl (C=O) groups excluding carboxylic acids is 1. The van der Waals surface area contributed by atoms with E-state index in [2.05, 4.69) is 27.3 Å². The maximum atomic E-state index is 12.2. The van der Waals surface area contributed by atoms with Crippen molar-refractivity contribution in [3.63, 3.8) is 0 Å². The minimum absolute atomic E-state index is 0.0737. The molecule has 124 valence electrons. The highest BCUT2D eigenvalue weighted by Gasteiger charge is 2.21. The molecule has 0 bridgehead atoms. The SMILES string of the molecule is Cc1nc(-c2ccn(C)n2)sc1CC(=O)NC[C@@H]1CCCN1C. The molecule has 2 aromatic rings. The van der Waals surface area contributed by atoms with Crippen LogP contribution >= 0.6 is 11.3 Å². The highest BCUT2D eigenvalue weighted by atomic mass is 32.1. The summed E-state index contributed by atoms with van der Waals surface area (Å²) in [6, 6.07) is 2.42. The summed E-state index contributed by atoms with van der Waals surface area (Å²) in [7, 11) is 4.01. The zero-order valence-electron chi connectivity index (χ0n) is 13.9. The molecule has 1 saturated heterocycles. The van der Waals surface area contributed by atoms with Crippen molar-refractivity contribution < 1.29 is 4.79 Å². The average Bonchev–Trinajstić information content (AvgIpc) is 3.19. The lowest BCUT2D eigenvalue weighted by molar-refractivity contribution is -0.120. The third-order valence-electron chi connectivity index (χ3n) is 4.35. The molecule has 6 nitrogen and oxygen atoms in total. The van der Waals surface area contributed by atoms with Gasteiger partial charge in [0, 0.05) is 30.7 Å². The first-order valence-electron chi connectivity index (χ1n) is 7.96. The normalized spacial score (nSPS) is 18.5. The molecule has 0 spiro atoms. The van der Waals surface area contributed by atoms with Gasteiger partial charge in [-0.2, -0.15) is 5.10 Å². The van der Waals surface area contributed by atoms with Crippen molar-refractivity contribution in [2.75, 3.05) is 20.1 Å². The highest BCUT2D eigenvalue weighted by Crippen LogP contribution is 2.26. The minimum Gasteiger partial charge on any atom is -0.354 e. The summed E-state index contributed by atoms with van der Waals surface area (Å²) < 4.78 is 1.76. The van der Waals surface area contributed by atoms with E-state index in [4.69, 9.17) is 0 Å². The van der Waals surface area contributed by atoms with Gasteiger partial charge in [-0.25, -0.2) is 4.98 Å². The lowest BCUT2D eigenvalue weighted by Crippen LogP contribution is -2.38. The number of rotatable bonds is 5. The predicted octanol–water partition coefficient (Wildman–Crippen LogP) is 1.60. The monoisotopic (exact) mass is 333 g/mol. The summed E-state index contributed by atoms with van der Waals surface area (Å²) in [5.41, 5.74) is 1.78. The van der Waals surface area contributed by atoms with Crippen LogP contribution in [0.2, 0.25) is 0 Å². The highest BCUT2D eigenvalue weighted by molar-refractivity contribution is 7.15. The second-order valence-corrected chi connectivity index (χ2v) is 7.24. The Bertz CT molecular complexity index is 692. The summed E-state index contributed by atoms with van der Waals surface area (Å²) >= 11 is 1.55. The van der Waals surface area contributed by atoms with E-state index >= 15 is 0 Å². The molecule has 0 radical (unpaired) electrons. The Morgan fingerprint density at radius 3 is 2.96 bits per heavy atom. The third kappa shape index (κ3) is 3.79. The van der Waals surface area contributed by atoms with Crippen molar-refractivity contribution >= 4 is 17.2 Å². The fourth-order valence-corrected chi connectivity index (χ4v) is 3.93. The van der Waals surface area contributed by atoms with Crippen LogP contribution in [0.15, 0.2) is 12.3 Å². The quantitative estimate of drug-likeness (QED) is 0.903. The van der Waals surface area contributed by atoms with Gasteiger partial charge in [0.15, 0.2) is 0 Å². The molecule has 1 aliphatic rings. The van der Waals surface area contributed by atoms with Gasteiger partial charge in [-0.3, -0.25) is 9.48 Å². The summed E-state index contributed by atoms with van der Waals surface area (Å²) in [5, 5.41) is 8.31. The van der Waals surface area contributed by atoms with Crippen LogP contribution in [0.3, 0.4) is 0 Å². The molecule has 0 unspecified atom stereocenters. The summed E-state index contributed by atoms with van der Waals surface area (Å²) in [6.07, 6.45) is 4.68. The van der Waals surface area contributed by atoms with Crippen molar-refractivity contribution in [2.45, 2.75) is 32.2 Å². The molecule has 1 fully saturated rings. The Hall–Kier alpha value is -1.73. The first-order chi connectivity index (χ1) is 11.0. The Balaban J connectivity index is 1.59. The molecular formula is C16H23N5OS. The van der Waals surface area contributed by atoms with Crippen LogP contribution in [-0.4, -0.2) is 51.8 Å². The van der Waals surface area contributed by atoms with Crippen LogP contribution in [-0.2, 0) is 18.3 Å². The Labute approximate surface area is 140 Å². The van der Waals surface area contributed by atoms with E-state index in [0.717, 1.165) is 34.4 Å². The van der Waals surface area contributed by atoms with Crippen LogP contribution in [0, 0.1) is 6.92 Å². The second-order valence-electron chi connectivity index (χ2n) is 6.16. The van der Waals surface area contributed by atoms with Crippen LogP contribution < -0.4 is 5.32 Å². The molecule has 1 amide bonds. The molecule has 0 saturated carbocycles. The minimum atomic E-state index is 0.0737. The fourth-order valence-electron chi connectivity index (χ4n) is 2.91. The van der Waals surface area contributed by atoms with Crippen LogP contribution in [0.25, 0.3) is 10.7 Å². The molecular weight excluding hydrogens is 310 g/mol. The van der Waals surface area contributed by atoms with Gasteiger partial charge in [0.05, 0.1) is 12.1 Å². The molecule has 1 aliphatic heterocycles. The number of carbonyl (C=O) groups is 1. The average molecular weight is 333 g/mol. The fraction of sp³-hybridized carbons (Fsp3) is 0.562. The van der Waals surface area contributed by atoms with Gasteiger partial charge in [0.1, 0.15) is 10.7 Å². The lowest BCUT2D eigenvalue weighted by atomic mass is 10.2. The molecule has 1 atom stereocenters. The number of nitrogens with zero attached hydrogens (tertiary/aromatic N) is 4. The second kappa shape index (κ2) is 6.80. The molecule has 0 aromatic carbocycles. The number of amides is 1. The van der Waals surface area contributed by atoms with E-state index in [1.165, 1.54) is 12.8 Å². The summed E-state index contributed by atoms with van der Waals surface area (Å²) in [6.45, 7) is 3.82. The van der Waals surface area contributed by atoms with E-state index in [0.29, 0.717) is 12.5 Å². The maximum Gasteiger partial charge on any atom is 0.225 e. The molecule has 23 heavy (non-hydrogen) atoms. The number of likely N-dealkylation sites (N-methyl/N-ethyl adjacent to an activating group) is 1. The van der Waals surface area contributed by atoms with Gasteiger partial charge >= 0.3 is 0 Å². The molecule has 3 heterocycles. The molecule has 3 rings (SSSR count). The largest absolute Gasteiger partial charge is 0.354 e. The Morgan fingerprint density at radius 2 is 2.30 bits per heavy atom. The lowest BCUT2D eigenvalue weighted by Gasteiger charge is -2.19. The Kier molecular flexibility index (Phi) is 4.77. The molecule has 2 aromatic heterocycles. The van der Waals surface area contributed by atoms with Gasteiger partial charge < -0.3 is 10.2 Å². The van der Waals surface area contributed by atoms with Crippen molar-refractivity contribution in [1.82, 2.24) is 25.0 Å².